The Morgan fingerprint density at radius 2 is 2.25 bits per heavy atom. The molecule has 2 rings (SSSR count). The molecule has 1 aromatic heterocycles. The van der Waals surface area contributed by atoms with Crippen molar-refractivity contribution in [2.75, 3.05) is 11.4 Å². The van der Waals surface area contributed by atoms with Gasteiger partial charge in [0.15, 0.2) is 5.82 Å². The van der Waals surface area contributed by atoms with E-state index in [-0.39, 0.29) is 5.28 Å². The molecule has 1 aliphatic carbocycles. The summed E-state index contributed by atoms with van der Waals surface area (Å²) in [6.07, 6.45) is 4.18. The normalized spacial score (nSPS) is 14.6. The molecule has 1 heterocycles. The molecule has 1 aliphatic rings. The van der Waals surface area contributed by atoms with Crippen LogP contribution in [0.5, 0.6) is 0 Å². The molecule has 0 aliphatic heterocycles. The summed E-state index contributed by atoms with van der Waals surface area (Å²) in [7, 11) is 0. The fourth-order valence-electron chi connectivity index (χ4n) is 1.56. The van der Waals surface area contributed by atoms with Gasteiger partial charge >= 0.3 is 0 Å². The summed E-state index contributed by atoms with van der Waals surface area (Å²) < 4.78 is 0. The average Bonchev–Trinajstić information content (AvgIpc) is 3.08. The number of nitrogens with zero attached hydrogens (tertiary/aromatic N) is 4. The first kappa shape index (κ1) is 11.4. The van der Waals surface area contributed by atoms with Gasteiger partial charge in [0.25, 0.3) is 0 Å². The van der Waals surface area contributed by atoms with Gasteiger partial charge in [-0.3, -0.25) is 0 Å². The van der Waals surface area contributed by atoms with Crippen molar-refractivity contribution in [3.05, 3.63) is 16.5 Å². The molecule has 6 heteroatoms. The number of hydrogen-bond acceptors (Lipinski definition) is 4. The van der Waals surface area contributed by atoms with E-state index in [1.807, 2.05) is 4.90 Å². The summed E-state index contributed by atoms with van der Waals surface area (Å²) in [4.78, 5) is 9.98. The van der Waals surface area contributed by atoms with Crippen LogP contribution >= 0.6 is 23.2 Å². The number of rotatable bonds is 4. The summed E-state index contributed by atoms with van der Waals surface area (Å²) >= 11 is 11.8. The highest BCUT2D eigenvalue weighted by Crippen LogP contribution is 2.34. The number of hydrogen-bond donors (Lipinski definition) is 0. The minimum Gasteiger partial charge on any atom is -0.351 e. The Morgan fingerprint density at radius 1 is 1.50 bits per heavy atom. The SMILES string of the molecule is N#CCCN(c1nc(Cl)ncc1Cl)C1CC1. The van der Waals surface area contributed by atoms with Gasteiger partial charge in [-0.05, 0) is 24.4 Å². The van der Waals surface area contributed by atoms with Crippen LogP contribution in [0, 0.1) is 11.3 Å². The van der Waals surface area contributed by atoms with Crippen LogP contribution in [0.2, 0.25) is 10.3 Å². The third kappa shape index (κ3) is 2.55. The lowest BCUT2D eigenvalue weighted by atomic mass is 10.3. The molecule has 1 saturated carbocycles. The Balaban J connectivity index is 2.23. The number of halogens is 2. The predicted octanol–water partition coefficient (Wildman–Crippen LogP) is 2.67. The van der Waals surface area contributed by atoms with E-state index < -0.39 is 0 Å². The zero-order valence-electron chi connectivity index (χ0n) is 8.53. The fourth-order valence-corrected chi connectivity index (χ4v) is 1.89. The molecule has 84 valence electrons. The third-order valence-corrected chi connectivity index (χ3v) is 2.87. The predicted molar refractivity (Wildman–Crippen MR) is 62.7 cm³/mol. The number of aromatic nitrogens is 2. The molecule has 0 N–H and O–H groups in total. The molecule has 0 amide bonds. The summed E-state index contributed by atoms with van der Waals surface area (Å²) in [6.45, 7) is 0.633. The maximum Gasteiger partial charge on any atom is 0.224 e. The fraction of sp³-hybridized carbons (Fsp3) is 0.500. The maximum atomic E-state index is 8.62. The first-order chi connectivity index (χ1) is 7.72. The van der Waals surface area contributed by atoms with E-state index in [0.717, 1.165) is 12.8 Å². The largest absolute Gasteiger partial charge is 0.351 e. The van der Waals surface area contributed by atoms with E-state index >= 15 is 0 Å². The van der Waals surface area contributed by atoms with E-state index in [1.54, 1.807) is 0 Å². The second kappa shape index (κ2) is 4.86. The van der Waals surface area contributed by atoms with Gasteiger partial charge in [-0.2, -0.15) is 10.2 Å². The van der Waals surface area contributed by atoms with Crippen molar-refractivity contribution in [3.8, 4) is 6.07 Å². The lowest BCUT2D eigenvalue weighted by Crippen LogP contribution is -2.28. The molecule has 0 bridgehead atoms. The van der Waals surface area contributed by atoms with Crippen molar-refractivity contribution < 1.29 is 0 Å². The Kier molecular flexibility index (Phi) is 3.47. The molecule has 1 fully saturated rings. The van der Waals surface area contributed by atoms with E-state index in [0.29, 0.717) is 29.8 Å². The molecule has 4 nitrogen and oxygen atoms in total. The zero-order chi connectivity index (χ0) is 11.5. The molecular weight excluding hydrogens is 247 g/mol. The van der Waals surface area contributed by atoms with Crippen molar-refractivity contribution >= 4 is 29.0 Å². The summed E-state index contributed by atoms with van der Waals surface area (Å²) in [5.74, 6) is 0.638. The second-order valence-corrected chi connectivity index (χ2v) is 4.39. The van der Waals surface area contributed by atoms with Gasteiger partial charge in [-0.1, -0.05) is 11.6 Å². The van der Waals surface area contributed by atoms with Crippen LogP contribution < -0.4 is 4.90 Å². The van der Waals surface area contributed by atoms with E-state index in [4.69, 9.17) is 28.5 Å². The standard InChI is InChI=1S/C10H10Cl2N4/c11-8-6-14-10(12)15-9(8)16(5-1-4-13)7-2-3-7/h6-7H,1-3,5H2. The number of nitriles is 1. The molecule has 0 radical (unpaired) electrons. The maximum absolute atomic E-state index is 8.62. The molecule has 0 spiro atoms. The first-order valence-corrected chi connectivity index (χ1v) is 5.79. The van der Waals surface area contributed by atoms with Gasteiger partial charge < -0.3 is 4.90 Å². The third-order valence-electron chi connectivity index (χ3n) is 2.42. The average molecular weight is 257 g/mol. The molecule has 0 unspecified atom stereocenters. The molecule has 0 aromatic carbocycles. The highest BCUT2D eigenvalue weighted by atomic mass is 35.5. The van der Waals surface area contributed by atoms with Gasteiger partial charge in [-0.25, -0.2) is 4.98 Å². The highest BCUT2D eigenvalue weighted by Gasteiger charge is 2.31. The topological polar surface area (TPSA) is 52.8 Å². The van der Waals surface area contributed by atoms with E-state index in [1.165, 1.54) is 6.20 Å². The molecular formula is C10H10Cl2N4. The van der Waals surface area contributed by atoms with Crippen LogP contribution in [0.1, 0.15) is 19.3 Å². The van der Waals surface area contributed by atoms with Crippen molar-refractivity contribution in [1.29, 1.82) is 5.26 Å². The van der Waals surface area contributed by atoms with Gasteiger partial charge in [0.1, 0.15) is 5.02 Å². The van der Waals surface area contributed by atoms with E-state index in [9.17, 15) is 0 Å². The van der Waals surface area contributed by atoms with Crippen LogP contribution in [0.4, 0.5) is 5.82 Å². The van der Waals surface area contributed by atoms with Crippen LogP contribution in [0.25, 0.3) is 0 Å². The molecule has 0 saturated heterocycles. The minimum absolute atomic E-state index is 0.182. The Labute approximate surface area is 104 Å². The summed E-state index contributed by atoms with van der Waals surface area (Å²) in [6, 6.07) is 2.57. The van der Waals surface area contributed by atoms with Gasteiger partial charge in [0, 0.05) is 12.6 Å². The zero-order valence-corrected chi connectivity index (χ0v) is 10.0. The van der Waals surface area contributed by atoms with Crippen molar-refractivity contribution in [2.24, 2.45) is 0 Å². The van der Waals surface area contributed by atoms with Crippen molar-refractivity contribution in [3.63, 3.8) is 0 Å². The van der Waals surface area contributed by atoms with Gasteiger partial charge in [0.2, 0.25) is 5.28 Å². The highest BCUT2D eigenvalue weighted by molar-refractivity contribution is 6.33. The minimum atomic E-state index is 0.182. The van der Waals surface area contributed by atoms with Gasteiger partial charge in [0.05, 0.1) is 18.7 Å². The van der Waals surface area contributed by atoms with Crippen LogP contribution in [0.3, 0.4) is 0 Å². The smallest absolute Gasteiger partial charge is 0.224 e. The Bertz CT molecular complexity index is 425. The van der Waals surface area contributed by atoms with Crippen LogP contribution in [-0.4, -0.2) is 22.6 Å². The van der Waals surface area contributed by atoms with Crippen molar-refractivity contribution in [1.82, 2.24) is 9.97 Å². The number of anilines is 1. The lowest BCUT2D eigenvalue weighted by Gasteiger charge is -2.22. The molecule has 16 heavy (non-hydrogen) atoms. The van der Waals surface area contributed by atoms with Gasteiger partial charge in [-0.15, -0.1) is 0 Å². The Hall–Kier alpha value is -1.05. The lowest BCUT2D eigenvalue weighted by molar-refractivity contribution is 0.775. The second-order valence-electron chi connectivity index (χ2n) is 3.64. The Morgan fingerprint density at radius 3 is 2.88 bits per heavy atom. The first-order valence-electron chi connectivity index (χ1n) is 5.04. The van der Waals surface area contributed by atoms with E-state index in [2.05, 4.69) is 16.0 Å². The summed E-state index contributed by atoms with van der Waals surface area (Å²) in [5.41, 5.74) is 0. The van der Waals surface area contributed by atoms with Crippen LogP contribution in [0.15, 0.2) is 6.20 Å². The quantitative estimate of drug-likeness (QED) is 0.778. The van der Waals surface area contributed by atoms with Crippen LogP contribution in [-0.2, 0) is 0 Å². The molecule has 1 aromatic rings. The monoisotopic (exact) mass is 256 g/mol. The summed E-state index contributed by atoms with van der Waals surface area (Å²) in [5, 5.41) is 9.28. The van der Waals surface area contributed by atoms with Crippen molar-refractivity contribution in [2.45, 2.75) is 25.3 Å². The molecule has 0 atom stereocenters.